The van der Waals surface area contributed by atoms with Crippen molar-refractivity contribution in [3.63, 3.8) is 0 Å². The van der Waals surface area contributed by atoms with Crippen molar-refractivity contribution in [2.75, 3.05) is 39.9 Å². The van der Waals surface area contributed by atoms with Gasteiger partial charge in [0.2, 0.25) is 5.91 Å². The van der Waals surface area contributed by atoms with Crippen molar-refractivity contribution in [2.24, 2.45) is 0 Å². The van der Waals surface area contributed by atoms with E-state index < -0.39 is 0 Å². The van der Waals surface area contributed by atoms with Crippen molar-refractivity contribution >= 4 is 22.2 Å². The first-order valence-corrected chi connectivity index (χ1v) is 10.1. The van der Waals surface area contributed by atoms with Crippen LogP contribution < -0.4 is 0 Å². The molecule has 1 aliphatic rings. The van der Waals surface area contributed by atoms with Crippen molar-refractivity contribution in [2.45, 2.75) is 13.5 Å². The Bertz CT molecular complexity index is 974. The fourth-order valence-corrected chi connectivity index (χ4v) is 4.52. The molecule has 3 aromatic rings. The van der Waals surface area contributed by atoms with E-state index in [2.05, 4.69) is 21.6 Å². The van der Waals surface area contributed by atoms with Crippen LogP contribution in [0.4, 0.5) is 4.39 Å². The maximum Gasteiger partial charge on any atom is 0.248 e. The van der Waals surface area contributed by atoms with E-state index in [0.29, 0.717) is 13.1 Å². The quantitative estimate of drug-likeness (QED) is 0.659. The number of amides is 1. The second-order valence-corrected chi connectivity index (χ2v) is 7.84. The lowest BCUT2D eigenvalue weighted by Gasteiger charge is -2.34. The number of fused-ring (bicyclic) bond motifs is 1. The van der Waals surface area contributed by atoms with Gasteiger partial charge in [-0.2, -0.15) is 0 Å². The number of aryl methyl sites for hydroxylation is 1. The Kier molecular flexibility index (Phi) is 5.43. The summed E-state index contributed by atoms with van der Waals surface area (Å²) in [5.41, 5.74) is 4.07. The summed E-state index contributed by atoms with van der Waals surface area (Å²) >= 11 is 1.61. The lowest BCUT2D eigenvalue weighted by molar-refractivity contribution is -0.136. The standard InChI is InChI=1S/C20H23FN4O2S/c1-14-13-28-20-22-19(15-3-5-16(21)6-4-15)17(25(14)20)11-23-7-9-24(10-8-23)18(26)12-27-2/h3-6,13H,7-12H2,1-2H3. The molecule has 0 N–H and O–H groups in total. The molecule has 1 saturated heterocycles. The van der Waals surface area contributed by atoms with Crippen LogP contribution in [0.1, 0.15) is 11.4 Å². The average molecular weight is 402 g/mol. The molecule has 2 aromatic heterocycles. The van der Waals surface area contributed by atoms with Crippen LogP contribution in [0.25, 0.3) is 16.2 Å². The molecule has 3 heterocycles. The molecule has 0 aliphatic carbocycles. The maximum atomic E-state index is 13.4. The Hall–Kier alpha value is -2.29. The smallest absolute Gasteiger partial charge is 0.248 e. The van der Waals surface area contributed by atoms with E-state index >= 15 is 0 Å². The van der Waals surface area contributed by atoms with E-state index in [1.165, 1.54) is 12.1 Å². The normalized spacial score (nSPS) is 15.5. The van der Waals surface area contributed by atoms with Crippen LogP contribution in [0.15, 0.2) is 29.6 Å². The van der Waals surface area contributed by atoms with Gasteiger partial charge in [-0.1, -0.05) is 0 Å². The molecule has 0 spiro atoms. The van der Waals surface area contributed by atoms with Gasteiger partial charge in [-0.3, -0.25) is 14.1 Å². The molecule has 1 amide bonds. The topological polar surface area (TPSA) is 50.1 Å². The van der Waals surface area contributed by atoms with Crippen molar-refractivity contribution in [1.29, 1.82) is 0 Å². The zero-order chi connectivity index (χ0) is 19.7. The Balaban J connectivity index is 1.58. The molecular formula is C20H23FN4O2S. The second kappa shape index (κ2) is 7.98. The lowest BCUT2D eigenvalue weighted by atomic mass is 10.1. The van der Waals surface area contributed by atoms with Gasteiger partial charge in [0.25, 0.3) is 0 Å². The number of hydrogen-bond acceptors (Lipinski definition) is 5. The Labute approximate surface area is 167 Å². The first-order chi connectivity index (χ1) is 13.6. The van der Waals surface area contributed by atoms with Gasteiger partial charge in [0, 0.05) is 56.5 Å². The number of rotatable bonds is 5. The summed E-state index contributed by atoms with van der Waals surface area (Å²) in [5, 5.41) is 2.10. The zero-order valence-electron chi connectivity index (χ0n) is 16.0. The third kappa shape index (κ3) is 3.67. The number of halogens is 1. The number of aromatic nitrogens is 2. The van der Waals surface area contributed by atoms with Crippen molar-refractivity contribution in [1.82, 2.24) is 19.2 Å². The summed E-state index contributed by atoms with van der Waals surface area (Å²) in [6, 6.07) is 6.50. The molecule has 1 fully saturated rings. The van der Waals surface area contributed by atoms with E-state index in [4.69, 9.17) is 9.72 Å². The van der Waals surface area contributed by atoms with Crippen LogP contribution in [-0.4, -0.2) is 65.0 Å². The molecule has 1 aromatic carbocycles. The molecule has 6 nitrogen and oxygen atoms in total. The van der Waals surface area contributed by atoms with Crippen molar-refractivity contribution in [3.05, 3.63) is 46.9 Å². The average Bonchev–Trinajstić information content (AvgIpc) is 3.24. The van der Waals surface area contributed by atoms with Gasteiger partial charge < -0.3 is 9.64 Å². The minimum atomic E-state index is -0.251. The summed E-state index contributed by atoms with van der Waals surface area (Å²) in [6.45, 7) is 5.93. The van der Waals surface area contributed by atoms with E-state index in [-0.39, 0.29) is 18.3 Å². The fraction of sp³-hybridized carbons (Fsp3) is 0.400. The van der Waals surface area contributed by atoms with E-state index in [1.54, 1.807) is 30.6 Å². The Morgan fingerprint density at radius 3 is 2.61 bits per heavy atom. The largest absolute Gasteiger partial charge is 0.375 e. The third-order valence-electron chi connectivity index (χ3n) is 5.11. The first kappa shape index (κ1) is 19.0. The van der Waals surface area contributed by atoms with Gasteiger partial charge in [0.15, 0.2) is 4.96 Å². The number of carbonyl (C=O) groups excluding carboxylic acids is 1. The number of imidazole rings is 1. The molecule has 28 heavy (non-hydrogen) atoms. The number of thiazole rings is 1. The predicted molar refractivity (Wildman–Crippen MR) is 107 cm³/mol. The number of ether oxygens (including phenoxy) is 1. The number of carbonyl (C=O) groups is 1. The van der Waals surface area contributed by atoms with Crippen LogP contribution >= 0.6 is 11.3 Å². The van der Waals surface area contributed by atoms with Gasteiger partial charge in [-0.05, 0) is 31.2 Å². The van der Waals surface area contributed by atoms with E-state index in [0.717, 1.165) is 47.2 Å². The highest BCUT2D eigenvalue weighted by Crippen LogP contribution is 2.29. The zero-order valence-corrected chi connectivity index (χ0v) is 16.8. The number of benzene rings is 1. The summed E-state index contributed by atoms with van der Waals surface area (Å²) in [5.74, 6) is -0.214. The molecule has 8 heteroatoms. The molecule has 0 atom stereocenters. The third-order valence-corrected chi connectivity index (χ3v) is 6.06. The molecule has 0 saturated carbocycles. The molecule has 4 rings (SSSR count). The molecule has 0 radical (unpaired) electrons. The highest BCUT2D eigenvalue weighted by Gasteiger charge is 2.24. The van der Waals surface area contributed by atoms with E-state index in [1.807, 2.05) is 4.90 Å². The van der Waals surface area contributed by atoms with Crippen molar-refractivity contribution in [3.8, 4) is 11.3 Å². The highest BCUT2D eigenvalue weighted by molar-refractivity contribution is 7.15. The number of nitrogens with zero attached hydrogens (tertiary/aromatic N) is 4. The van der Waals surface area contributed by atoms with Gasteiger partial charge >= 0.3 is 0 Å². The molecular weight excluding hydrogens is 379 g/mol. The Morgan fingerprint density at radius 2 is 1.93 bits per heavy atom. The SMILES string of the molecule is COCC(=O)N1CCN(Cc2c(-c3ccc(F)cc3)nc3scc(C)n23)CC1. The van der Waals surface area contributed by atoms with E-state index in [9.17, 15) is 9.18 Å². The predicted octanol–water partition coefficient (Wildman–Crippen LogP) is 2.80. The highest BCUT2D eigenvalue weighted by atomic mass is 32.1. The number of methoxy groups -OCH3 is 1. The fourth-order valence-electron chi connectivity index (χ4n) is 3.63. The minimum absolute atomic E-state index is 0.0366. The van der Waals surface area contributed by atoms with Crippen LogP contribution in [0.5, 0.6) is 0 Å². The second-order valence-electron chi connectivity index (χ2n) is 7.00. The minimum Gasteiger partial charge on any atom is -0.375 e. The summed E-state index contributed by atoms with van der Waals surface area (Å²) in [4.78, 5) is 22.0. The van der Waals surface area contributed by atoms with Gasteiger partial charge in [-0.25, -0.2) is 9.37 Å². The lowest BCUT2D eigenvalue weighted by Crippen LogP contribution is -2.49. The molecule has 0 unspecified atom stereocenters. The Morgan fingerprint density at radius 1 is 1.21 bits per heavy atom. The van der Waals surface area contributed by atoms with Crippen LogP contribution in [0.2, 0.25) is 0 Å². The summed E-state index contributed by atoms with van der Waals surface area (Å²) in [6.07, 6.45) is 0. The maximum absolute atomic E-state index is 13.4. The first-order valence-electron chi connectivity index (χ1n) is 9.27. The van der Waals surface area contributed by atoms with Crippen LogP contribution in [-0.2, 0) is 16.1 Å². The van der Waals surface area contributed by atoms with Gasteiger partial charge in [0.05, 0.1) is 11.4 Å². The van der Waals surface area contributed by atoms with Crippen LogP contribution in [0.3, 0.4) is 0 Å². The summed E-state index contributed by atoms with van der Waals surface area (Å²) in [7, 11) is 1.54. The number of hydrogen-bond donors (Lipinski definition) is 0. The molecule has 148 valence electrons. The molecule has 0 bridgehead atoms. The summed E-state index contributed by atoms with van der Waals surface area (Å²) < 4.78 is 20.5. The van der Waals surface area contributed by atoms with Crippen molar-refractivity contribution < 1.29 is 13.9 Å². The molecule has 1 aliphatic heterocycles. The monoisotopic (exact) mass is 402 g/mol. The number of piperazine rings is 1. The van der Waals surface area contributed by atoms with Gasteiger partial charge in [0.1, 0.15) is 12.4 Å². The van der Waals surface area contributed by atoms with Gasteiger partial charge in [-0.15, -0.1) is 11.3 Å². The van der Waals surface area contributed by atoms with Crippen LogP contribution in [0, 0.1) is 12.7 Å².